The number of carbonyl (C=O) groups excluding carboxylic acids is 1. The maximum Gasteiger partial charge on any atom is 0.257 e. The monoisotopic (exact) mass is 355 g/mol. The molecule has 0 saturated carbocycles. The Hall–Kier alpha value is -2.69. The van der Waals surface area contributed by atoms with Gasteiger partial charge in [-0.1, -0.05) is 18.2 Å². The van der Waals surface area contributed by atoms with E-state index in [1.165, 1.54) is 0 Å². The second kappa shape index (κ2) is 8.13. The average molecular weight is 355 g/mol. The first kappa shape index (κ1) is 18.1. The number of amides is 1. The second-order valence-electron chi connectivity index (χ2n) is 6.52. The van der Waals surface area contributed by atoms with E-state index in [0.29, 0.717) is 19.8 Å². The summed E-state index contributed by atoms with van der Waals surface area (Å²) in [7, 11) is 0. The van der Waals surface area contributed by atoms with Crippen LogP contribution in [0.3, 0.4) is 0 Å². The number of fused-ring (bicyclic) bond motifs is 1. The summed E-state index contributed by atoms with van der Waals surface area (Å²) in [5.41, 5.74) is 4.37. The predicted molar refractivity (Wildman–Crippen MR) is 100 cm³/mol. The lowest BCUT2D eigenvalue weighted by Gasteiger charge is -2.19. The van der Waals surface area contributed by atoms with Crippen molar-refractivity contribution in [2.75, 3.05) is 26.4 Å². The van der Waals surface area contributed by atoms with Crippen LogP contribution >= 0.6 is 0 Å². The topological polar surface area (TPSA) is 56.8 Å². The van der Waals surface area contributed by atoms with Crippen LogP contribution in [-0.4, -0.2) is 32.3 Å². The molecular weight excluding hydrogens is 330 g/mol. The molecule has 0 spiro atoms. The van der Waals surface area contributed by atoms with E-state index >= 15 is 0 Å². The largest absolute Gasteiger partial charge is 0.486 e. The fourth-order valence-electron chi connectivity index (χ4n) is 2.93. The van der Waals surface area contributed by atoms with Crippen LogP contribution in [0.25, 0.3) is 0 Å². The van der Waals surface area contributed by atoms with Crippen LogP contribution in [0, 0.1) is 20.8 Å². The molecule has 138 valence electrons. The van der Waals surface area contributed by atoms with Crippen LogP contribution in [-0.2, 0) is 11.2 Å². The third-order valence-electron chi connectivity index (χ3n) is 4.56. The lowest BCUT2D eigenvalue weighted by atomic mass is 10.1. The summed E-state index contributed by atoms with van der Waals surface area (Å²) in [6.45, 7) is 7.76. The third-order valence-corrected chi connectivity index (χ3v) is 4.56. The average Bonchev–Trinajstić information content (AvgIpc) is 2.65. The number of aryl methyl sites for hydroxylation is 2. The molecule has 1 aliphatic heterocycles. The van der Waals surface area contributed by atoms with Crippen LogP contribution in [0.5, 0.6) is 17.2 Å². The lowest BCUT2D eigenvalue weighted by Crippen LogP contribution is -2.30. The molecule has 1 heterocycles. The van der Waals surface area contributed by atoms with Gasteiger partial charge in [0, 0.05) is 6.54 Å². The van der Waals surface area contributed by atoms with Crippen molar-refractivity contribution < 1.29 is 19.0 Å². The first-order chi connectivity index (χ1) is 12.5. The third kappa shape index (κ3) is 4.28. The minimum absolute atomic E-state index is 0.0201. The van der Waals surface area contributed by atoms with Crippen LogP contribution < -0.4 is 19.5 Å². The highest BCUT2D eigenvalue weighted by Crippen LogP contribution is 2.30. The molecule has 3 rings (SSSR count). The Morgan fingerprint density at radius 2 is 1.77 bits per heavy atom. The molecule has 0 unspecified atom stereocenters. The summed E-state index contributed by atoms with van der Waals surface area (Å²) in [5, 5.41) is 2.90. The van der Waals surface area contributed by atoms with Gasteiger partial charge in [0.1, 0.15) is 19.0 Å². The Labute approximate surface area is 154 Å². The Balaban J connectivity index is 1.47. The van der Waals surface area contributed by atoms with Crippen molar-refractivity contribution in [3.05, 3.63) is 52.6 Å². The van der Waals surface area contributed by atoms with Gasteiger partial charge in [-0.2, -0.15) is 0 Å². The van der Waals surface area contributed by atoms with Gasteiger partial charge in [-0.25, -0.2) is 0 Å². The molecule has 0 aliphatic carbocycles. The van der Waals surface area contributed by atoms with Crippen molar-refractivity contribution in [3.63, 3.8) is 0 Å². The van der Waals surface area contributed by atoms with E-state index in [2.05, 4.69) is 11.4 Å². The van der Waals surface area contributed by atoms with E-state index in [4.69, 9.17) is 14.2 Å². The molecule has 0 saturated heterocycles. The number of benzene rings is 2. The van der Waals surface area contributed by atoms with Crippen LogP contribution in [0.1, 0.15) is 22.3 Å². The molecule has 0 bridgehead atoms. The molecule has 2 aromatic rings. The van der Waals surface area contributed by atoms with Gasteiger partial charge in [-0.15, -0.1) is 0 Å². The number of hydrogen-bond donors (Lipinski definition) is 1. The van der Waals surface area contributed by atoms with Crippen molar-refractivity contribution in [3.8, 4) is 17.2 Å². The van der Waals surface area contributed by atoms with Gasteiger partial charge in [-0.05, 0) is 61.6 Å². The fourth-order valence-corrected chi connectivity index (χ4v) is 2.93. The molecule has 5 nitrogen and oxygen atoms in total. The highest BCUT2D eigenvalue weighted by atomic mass is 16.6. The highest BCUT2D eigenvalue weighted by molar-refractivity contribution is 5.77. The normalized spacial score (nSPS) is 12.6. The molecule has 0 aromatic heterocycles. The summed E-state index contributed by atoms with van der Waals surface area (Å²) >= 11 is 0. The van der Waals surface area contributed by atoms with Crippen molar-refractivity contribution in [1.82, 2.24) is 5.32 Å². The smallest absolute Gasteiger partial charge is 0.257 e. The van der Waals surface area contributed by atoms with Gasteiger partial charge < -0.3 is 19.5 Å². The second-order valence-corrected chi connectivity index (χ2v) is 6.52. The number of ether oxygens (including phenoxy) is 3. The van der Waals surface area contributed by atoms with E-state index in [1.807, 2.05) is 45.0 Å². The molecular formula is C21H25NO4. The van der Waals surface area contributed by atoms with Gasteiger partial charge in [-0.3, -0.25) is 4.79 Å². The van der Waals surface area contributed by atoms with Crippen LogP contribution in [0.2, 0.25) is 0 Å². The minimum Gasteiger partial charge on any atom is -0.486 e. The van der Waals surface area contributed by atoms with Crippen molar-refractivity contribution in [1.29, 1.82) is 0 Å². The van der Waals surface area contributed by atoms with Crippen molar-refractivity contribution in [2.45, 2.75) is 27.2 Å². The van der Waals surface area contributed by atoms with Gasteiger partial charge in [0.15, 0.2) is 18.1 Å². The number of hydrogen-bond acceptors (Lipinski definition) is 4. The molecule has 1 amide bonds. The zero-order chi connectivity index (χ0) is 18.5. The number of nitrogens with one attached hydrogen (secondary N) is 1. The lowest BCUT2D eigenvalue weighted by molar-refractivity contribution is -0.123. The zero-order valence-corrected chi connectivity index (χ0v) is 15.6. The Morgan fingerprint density at radius 3 is 2.58 bits per heavy atom. The quantitative estimate of drug-likeness (QED) is 0.865. The van der Waals surface area contributed by atoms with Gasteiger partial charge in [0.05, 0.1) is 0 Å². The Kier molecular flexibility index (Phi) is 5.66. The SMILES string of the molecule is Cc1ccc(C)c(OCC(=O)NCCc2ccc3c(c2)OCCO3)c1C. The molecule has 5 heteroatoms. The van der Waals surface area contributed by atoms with E-state index < -0.39 is 0 Å². The van der Waals surface area contributed by atoms with E-state index in [1.54, 1.807) is 0 Å². The van der Waals surface area contributed by atoms with Crippen molar-refractivity contribution >= 4 is 5.91 Å². The van der Waals surface area contributed by atoms with Gasteiger partial charge >= 0.3 is 0 Å². The minimum atomic E-state index is -0.122. The van der Waals surface area contributed by atoms with Gasteiger partial charge in [0.2, 0.25) is 0 Å². The fraction of sp³-hybridized carbons (Fsp3) is 0.381. The maximum absolute atomic E-state index is 12.1. The summed E-state index contributed by atoms with van der Waals surface area (Å²) in [5.74, 6) is 2.23. The first-order valence-corrected chi connectivity index (χ1v) is 8.89. The molecule has 2 aromatic carbocycles. The number of rotatable bonds is 6. The predicted octanol–water partition coefficient (Wildman–Crippen LogP) is 3.12. The molecule has 1 N–H and O–H groups in total. The number of carbonyl (C=O) groups is 1. The standard InChI is InChI=1S/C21H25NO4/c1-14-4-5-15(2)21(16(14)3)26-13-20(23)22-9-8-17-6-7-18-19(12-17)25-11-10-24-18/h4-7,12H,8-11,13H2,1-3H3,(H,22,23). The van der Waals surface area contributed by atoms with E-state index in [0.717, 1.165) is 45.9 Å². The highest BCUT2D eigenvalue weighted by Gasteiger charge is 2.12. The van der Waals surface area contributed by atoms with Crippen LogP contribution in [0.15, 0.2) is 30.3 Å². The summed E-state index contributed by atoms with van der Waals surface area (Å²) in [4.78, 5) is 12.1. The molecule has 0 fully saturated rings. The van der Waals surface area contributed by atoms with Crippen molar-refractivity contribution in [2.24, 2.45) is 0 Å². The van der Waals surface area contributed by atoms with Crippen LogP contribution in [0.4, 0.5) is 0 Å². The molecule has 1 aliphatic rings. The van der Waals surface area contributed by atoms with E-state index in [9.17, 15) is 4.79 Å². The summed E-state index contributed by atoms with van der Waals surface area (Å²) < 4.78 is 16.8. The first-order valence-electron chi connectivity index (χ1n) is 8.89. The zero-order valence-electron chi connectivity index (χ0n) is 15.6. The summed E-state index contributed by atoms with van der Waals surface area (Å²) in [6, 6.07) is 9.95. The molecule has 0 radical (unpaired) electrons. The Bertz CT molecular complexity index is 801. The Morgan fingerprint density at radius 1 is 1.04 bits per heavy atom. The molecule has 26 heavy (non-hydrogen) atoms. The van der Waals surface area contributed by atoms with E-state index in [-0.39, 0.29) is 12.5 Å². The van der Waals surface area contributed by atoms with Gasteiger partial charge in [0.25, 0.3) is 5.91 Å². The maximum atomic E-state index is 12.1. The summed E-state index contributed by atoms with van der Waals surface area (Å²) in [6.07, 6.45) is 0.727. The molecule has 0 atom stereocenters.